The summed E-state index contributed by atoms with van der Waals surface area (Å²) < 4.78 is 66.3. The largest absolute Gasteiger partial charge is 0.434 e. The fraction of sp³-hybridized carbons (Fsp3) is 0.450. The van der Waals surface area contributed by atoms with Crippen LogP contribution in [0.5, 0.6) is 0 Å². The molecule has 0 spiro atoms. The summed E-state index contributed by atoms with van der Waals surface area (Å²) in [4.78, 5) is 16.1. The summed E-state index contributed by atoms with van der Waals surface area (Å²) in [7, 11) is 0. The Bertz CT molecular complexity index is 1130. The van der Waals surface area contributed by atoms with Crippen LogP contribution in [0.2, 0.25) is 0 Å². The molecule has 4 rings (SSSR count). The number of nitrogen functional groups attached to an aromatic ring is 1. The van der Waals surface area contributed by atoms with Crippen molar-refractivity contribution in [1.82, 2.24) is 24.5 Å². The van der Waals surface area contributed by atoms with Gasteiger partial charge in [-0.15, -0.1) is 0 Å². The Morgan fingerprint density at radius 3 is 2.52 bits per heavy atom. The Labute approximate surface area is 185 Å². The van der Waals surface area contributed by atoms with Gasteiger partial charge in [-0.1, -0.05) is 6.07 Å². The molecule has 1 saturated carbocycles. The molecule has 0 radical (unpaired) electrons. The lowest BCUT2D eigenvalue weighted by atomic mass is 9.91. The number of anilines is 2. The first-order chi connectivity index (χ1) is 15.6. The first-order valence-corrected chi connectivity index (χ1v) is 10.3. The second-order valence-electron chi connectivity index (χ2n) is 7.97. The molecule has 0 aliphatic heterocycles. The number of halogens is 5. The SMILES string of the molecule is Nc1nn(CC(F)F)cc1C(=O)NC1CCC(Nc2cccc3nc(C(F)(F)F)cn23)CC1. The maximum absolute atomic E-state index is 13.0. The fourth-order valence-electron chi connectivity index (χ4n) is 3.97. The molecule has 1 fully saturated rings. The number of hydrogen-bond acceptors (Lipinski definition) is 5. The van der Waals surface area contributed by atoms with Gasteiger partial charge in [-0.3, -0.25) is 13.9 Å². The molecule has 4 N–H and O–H groups in total. The van der Waals surface area contributed by atoms with E-state index >= 15 is 0 Å². The molecule has 0 bridgehead atoms. The minimum Gasteiger partial charge on any atom is -0.382 e. The predicted octanol–water partition coefficient (Wildman–Crippen LogP) is 3.55. The molecule has 1 aliphatic carbocycles. The van der Waals surface area contributed by atoms with Crippen LogP contribution in [0.1, 0.15) is 41.7 Å². The maximum Gasteiger partial charge on any atom is 0.434 e. The fourth-order valence-corrected chi connectivity index (χ4v) is 3.97. The molecule has 3 heterocycles. The van der Waals surface area contributed by atoms with Crippen LogP contribution in [-0.4, -0.2) is 43.6 Å². The summed E-state index contributed by atoms with van der Waals surface area (Å²) in [5.41, 5.74) is 4.96. The van der Waals surface area contributed by atoms with Gasteiger partial charge in [-0.25, -0.2) is 13.8 Å². The second kappa shape index (κ2) is 8.87. The number of nitrogens with zero attached hydrogens (tertiary/aromatic N) is 4. The number of imidazole rings is 1. The van der Waals surface area contributed by atoms with Crippen LogP contribution in [0.4, 0.5) is 33.6 Å². The van der Waals surface area contributed by atoms with Gasteiger partial charge in [0.15, 0.2) is 11.5 Å². The van der Waals surface area contributed by atoms with Crippen molar-refractivity contribution in [2.75, 3.05) is 11.1 Å². The number of rotatable bonds is 6. The predicted molar refractivity (Wildman–Crippen MR) is 110 cm³/mol. The van der Waals surface area contributed by atoms with Gasteiger partial charge in [0.1, 0.15) is 23.6 Å². The minimum atomic E-state index is -4.53. The zero-order valence-electron chi connectivity index (χ0n) is 17.3. The minimum absolute atomic E-state index is 0.000602. The first-order valence-electron chi connectivity index (χ1n) is 10.3. The zero-order valence-corrected chi connectivity index (χ0v) is 17.3. The number of carbonyl (C=O) groups is 1. The van der Waals surface area contributed by atoms with E-state index in [1.54, 1.807) is 12.1 Å². The highest BCUT2D eigenvalue weighted by Crippen LogP contribution is 2.30. The van der Waals surface area contributed by atoms with Crippen molar-refractivity contribution in [3.63, 3.8) is 0 Å². The number of hydrogen-bond donors (Lipinski definition) is 3. The molecule has 0 aromatic carbocycles. The molecule has 1 aliphatic rings. The molecular weight excluding hydrogens is 449 g/mol. The van der Waals surface area contributed by atoms with Gasteiger partial charge in [-0.2, -0.15) is 18.3 Å². The lowest BCUT2D eigenvalue weighted by molar-refractivity contribution is -0.140. The second-order valence-corrected chi connectivity index (χ2v) is 7.97. The molecular formula is C20H22F5N7O. The number of fused-ring (bicyclic) bond motifs is 1. The van der Waals surface area contributed by atoms with Crippen molar-refractivity contribution in [2.45, 2.75) is 56.9 Å². The zero-order chi connectivity index (χ0) is 23.8. The van der Waals surface area contributed by atoms with Crippen LogP contribution in [0.25, 0.3) is 5.65 Å². The van der Waals surface area contributed by atoms with E-state index in [0.29, 0.717) is 31.5 Å². The molecule has 1 amide bonds. The highest BCUT2D eigenvalue weighted by molar-refractivity contribution is 5.98. The van der Waals surface area contributed by atoms with E-state index in [1.165, 1.54) is 16.7 Å². The van der Waals surface area contributed by atoms with Crippen molar-refractivity contribution in [1.29, 1.82) is 0 Å². The van der Waals surface area contributed by atoms with E-state index in [9.17, 15) is 26.7 Å². The first kappa shape index (κ1) is 22.8. The molecule has 0 atom stereocenters. The van der Waals surface area contributed by atoms with Crippen LogP contribution in [-0.2, 0) is 12.7 Å². The number of nitrogens with one attached hydrogen (secondary N) is 2. The van der Waals surface area contributed by atoms with E-state index in [4.69, 9.17) is 5.73 Å². The van der Waals surface area contributed by atoms with Gasteiger partial charge in [-0.05, 0) is 37.8 Å². The van der Waals surface area contributed by atoms with E-state index < -0.39 is 30.7 Å². The lowest BCUT2D eigenvalue weighted by Gasteiger charge is -2.30. The lowest BCUT2D eigenvalue weighted by Crippen LogP contribution is -2.40. The summed E-state index contributed by atoms with van der Waals surface area (Å²) in [6, 6.07) is 4.67. The Balaban J connectivity index is 1.35. The Morgan fingerprint density at radius 2 is 1.85 bits per heavy atom. The van der Waals surface area contributed by atoms with Crippen molar-refractivity contribution >= 4 is 23.2 Å². The van der Waals surface area contributed by atoms with Gasteiger partial charge in [0.05, 0.1) is 0 Å². The summed E-state index contributed by atoms with van der Waals surface area (Å²) >= 11 is 0. The van der Waals surface area contributed by atoms with E-state index in [2.05, 4.69) is 20.7 Å². The molecule has 33 heavy (non-hydrogen) atoms. The molecule has 3 aromatic rings. The maximum atomic E-state index is 13.0. The molecule has 0 unspecified atom stereocenters. The number of aromatic nitrogens is 4. The van der Waals surface area contributed by atoms with Crippen molar-refractivity contribution in [2.24, 2.45) is 0 Å². The summed E-state index contributed by atoms with van der Waals surface area (Å²) in [6.45, 7) is -0.650. The van der Waals surface area contributed by atoms with E-state index in [-0.39, 0.29) is 29.1 Å². The van der Waals surface area contributed by atoms with Gasteiger partial charge in [0.2, 0.25) is 0 Å². The monoisotopic (exact) mass is 471 g/mol. The number of carbonyl (C=O) groups excluding carboxylic acids is 1. The van der Waals surface area contributed by atoms with Crippen LogP contribution in [0.15, 0.2) is 30.6 Å². The third kappa shape index (κ3) is 5.17. The van der Waals surface area contributed by atoms with Crippen molar-refractivity contribution in [3.8, 4) is 0 Å². The van der Waals surface area contributed by atoms with Crippen LogP contribution in [0, 0.1) is 0 Å². The molecule has 13 heteroatoms. The van der Waals surface area contributed by atoms with Crippen LogP contribution < -0.4 is 16.4 Å². The van der Waals surface area contributed by atoms with Crippen molar-refractivity contribution < 1.29 is 26.7 Å². The van der Waals surface area contributed by atoms with Crippen LogP contribution in [0.3, 0.4) is 0 Å². The Hall–Kier alpha value is -3.38. The average molecular weight is 471 g/mol. The van der Waals surface area contributed by atoms with Gasteiger partial charge >= 0.3 is 6.18 Å². The Kier molecular flexibility index (Phi) is 6.13. The molecule has 3 aromatic heterocycles. The topological polar surface area (TPSA) is 102 Å². The third-order valence-electron chi connectivity index (χ3n) is 5.56. The highest BCUT2D eigenvalue weighted by atomic mass is 19.4. The normalized spacial score (nSPS) is 19.2. The average Bonchev–Trinajstić information content (AvgIpc) is 3.33. The third-order valence-corrected chi connectivity index (χ3v) is 5.56. The molecule has 178 valence electrons. The standard InChI is InChI=1S/C20H22F5N7O/c21-15(22)10-31-8-13(18(26)30-31)19(33)28-12-6-4-11(5-7-12)27-16-2-1-3-17-29-14(9-32(16)17)20(23,24)25/h1-3,8-9,11-12,15,27H,4-7,10H2,(H2,26,30)(H,28,33). The van der Waals surface area contributed by atoms with Crippen molar-refractivity contribution in [3.05, 3.63) is 41.9 Å². The van der Waals surface area contributed by atoms with E-state index in [1.807, 2.05) is 0 Å². The number of alkyl halides is 5. The van der Waals surface area contributed by atoms with E-state index in [0.717, 1.165) is 10.9 Å². The van der Waals surface area contributed by atoms with Gasteiger partial charge < -0.3 is 16.4 Å². The number of pyridine rings is 1. The number of amides is 1. The number of nitrogens with two attached hydrogens (primary N) is 1. The van der Waals surface area contributed by atoms with Gasteiger partial charge in [0, 0.05) is 24.5 Å². The summed E-state index contributed by atoms with van der Waals surface area (Å²) in [5.74, 6) is -0.0929. The van der Waals surface area contributed by atoms with Crippen LogP contribution >= 0.6 is 0 Å². The summed E-state index contributed by atoms with van der Waals surface area (Å²) in [6.07, 6.45) is -2.39. The molecule has 8 nitrogen and oxygen atoms in total. The van der Waals surface area contributed by atoms with Gasteiger partial charge in [0.25, 0.3) is 12.3 Å². The molecule has 0 saturated heterocycles. The quantitative estimate of drug-likeness (QED) is 0.478. The smallest absolute Gasteiger partial charge is 0.382 e. The Morgan fingerprint density at radius 1 is 1.15 bits per heavy atom. The highest BCUT2D eigenvalue weighted by Gasteiger charge is 2.34. The summed E-state index contributed by atoms with van der Waals surface area (Å²) in [5, 5.41) is 9.84.